The summed E-state index contributed by atoms with van der Waals surface area (Å²) in [6.45, 7) is 13.9. The molecular formula is C40H67N5O8. The number of carboxylic acids is 1. The number of ether oxygens (including phenoxy) is 2. The van der Waals surface area contributed by atoms with Crippen molar-refractivity contribution < 1.29 is 38.6 Å². The van der Waals surface area contributed by atoms with E-state index in [1.807, 2.05) is 90.9 Å². The Hall–Kier alpha value is -3.55. The van der Waals surface area contributed by atoms with Gasteiger partial charge in [0.15, 0.2) is 0 Å². The van der Waals surface area contributed by atoms with Gasteiger partial charge in [-0.25, -0.2) is 4.79 Å². The molecule has 3 N–H and O–H groups in total. The van der Waals surface area contributed by atoms with E-state index in [4.69, 9.17) is 9.47 Å². The van der Waals surface area contributed by atoms with Crippen molar-refractivity contribution in [3.63, 3.8) is 0 Å². The molecule has 0 aromatic heterocycles. The number of carbonyl (C=O) groups is 5. The zero-order valence-corrected chi connectivity index (χ0v) is 34.1. The third kappa shape index (κ3) is 12.2. The second kappa shape index (κ2) is 21.4. The summed E-state index contributed by atoms with van der Waals surface area (Å²) >= 11 is 0. The average Bonchev–Trinajstić information content (AvgIpc) is 3.59. The lowest BCUT2D eigenvalue weighted by atomic mass is 9.89. The van der Waals surface area contributed by atoms with Crippen LogP contribution in [0.1, 0.15) is 79.7 Å². The summed E-state index contributed by atoms with van der Waals surface area (Å²) in [6.07, 6.45) is 0.820. The highest BCUT2D eigenvalue weighted by atomic mass is 16.5. The van der Waals surface area contributed by atoms with E-state index >= 15 is 0 Å². The molecule has 300 valence electrons. The minimum atomic E-state index is -1.14. The van der Waals surface area contributed by atoms with Gasteiger partial charge in [0.2, 0.25) is 23.6 Å². The van der Waals surface area contributed by atoms with Gasteiger partial charge in [-0.15, -0.1) is 0 Å². The molecule has 1 aromatic rings. The monoisotopic (exact) mass is 745 g/mol. The number of likely N-dealkylation sites (tertiary alicyclic amines) is 1. The number of nitrogens with zero attached hydrogens (tertiary/aromatic N) is 3. The number of rotatable bonds is 21. The number of hydrogen-bond acceptors (Lipinski definition) is 8. The molecule has 9 atom stereocenters. The van der Waals surface area contributed by atoms with E-state index in [2.05, 4.69) is 10.6 Å². The molecule has 13 heteroatoms. The molecule has 0 radical (unpaired) electrons. The van der Waals surface area contributed by atoms with E-state index in [-0.39, 0.29) is 48.3 Å². The molecule has 1 saturated heterocycles. The van der Waals surface area contributed by atoms with E-state index in [9.17, 15) is 29.1 Å². The molecule has 13 nitrogen and oxygen atoms in total. The number of amides is 4. The van der Waals surface area contributed by atoms with Crippen LogP contribution in [0.5, 0.6) is 0 Å². The number of nitrogens with one attached hydrogen (secondary N) is 2. The van der Waals surface area contributed by atoms with Crippen molar-refractivity contribution in [2.45, 2.75) is 123 Å². The van der Waals surface area contributed by atoms with Crippen molar-refractivity contribution in [3.05, 3.63) is 35.9 Å². The van der Waals surface area contributed by atoms with Crippen molar-refractivity contribution in [1.29, 1.82) is 0 Å². The van der Waals surface area contributed by atoms with Crippen LogP contribution in [0.15, 0.2) is 30.3 Å². The number of likely N-dealkylation sites (N-methyl/N-ethyl adjacent to an activating group) is 2. The predicted octanol–water partition coefficient (Wildman–Crippen LogP) is 3.45. The first-order valence-electron chi connectivity index (χ1n) is 19.1. The Bertz CT molecular complexity index is 1330. The lowest BCUT2D eigenvalue weighted by Gasteiger charge is -2.41. The van der Waals surface area contributed by atoms with Gasteiger partial charge in [0, 0.05) is 34.2 Å². The number of hydrogen-bond donors (Lipinski definition) is 3. The maximum absolute atomic E-state index is 14.2. The molecule has 0 spiro atoms. The zero-order valence-electron chi connectivity index (χ0n) is 34.1. The third-order valence-electron chi connectivity index (χ3n) is 10.8. The lowest BCUT2D eigenvalue weighted by molar-refractivity contribution is -0.148. The van der Waals surface area contributed by atoms with E-state index in [1.54, 1.807) is 23.8 Å². The minimum Gasteiger partial charge on any atom is -0.480 e. The summed E-state index contributed by atoms with van der Waals surface area (Å²) in [4.78, 5) is 72.5. The molecule has 1 aliphatic heterocycles. The molecule has 4 amide bonds. The first-order valence-corrected chi connectivity index (χ1v) is 19.1. The quantitative estimate of drug-likeness (QED) is 0.172. The normalized spacial score (nSPS) is 19.2. The van der Waals surface area contributed by atoms with Gasteiger partial charge in [-0.05, 0) is 50.3 Å². The van der Waals surface area contributed by atoms with Crippen LogP contribution in [0.2, 0.25) is 0 Å². The Morgan fingerprint density at radius 2 is 1.53 bits per heavy atom. The van der Waals surface area contributed by atoms with Crippen molar-refractivity contribution in [1.82, 2.24) is 25.3 Å². The molecule has 53 heavy (non-hydrogen) atoms. The van der Waals surface area contributed by atoms with Gasteiger partial charge in [-0.2, -0.15) is 0 Å². The molecular weight excluding hydrogens is 678 g/mol. The predicted molar refractivity (Wildman–Crippen MR) is 205 cm³/mol. The Morgan fingerprint density at radius 3 is 2.02 bits per heavy atom. The lowest BCUT2D eigenvalue weighted by Crippen LogP contribution is -2.59. The summed E-state index contributed by atoms with van der Waals surface area (Å²) in [7, 11) is 8.44. The average molecular weight is 746 g/mol. The highest BCUT2D eigenvalue weighted by Gasteiger charge is 2.43. The Morgan fingerprint density at radius 1 is 0.906 bits per heavy atom. The highest BCUT2D eigenvalue weighted by molar-refractivity contribution is 5.90. The third-order valence-corrected chi connectivity index (χ3v) is 10.8. The van der Waals surface area contributed by atoms with E-state index in [1.165, 1.54) is 14.2 Å². The second-order valence-corrected chi connectivity index (χ2v) is 15.6. The van der Waals surface area contributed by atoms with Crippen LogP contribution >= 0.6 is 0 Å². The van der Waals surface area contributed by atoms with Gasteiger partial charge in [0.25, 0.3) is 0 Å². The molecule has 0 saturated carbocycles. The molecule has 1 aromatic carbocycles. The van der Waals surface area contributed by atoms with Gasteiger partial charge in [0.1, 0.15) is 12.1 Å². The van der Waals surface area contributed by atoms with Crippen molar-refractivity contribution in [3.8, 4) is 0 Å². The molecule has 0 bridgehead atoms. The molecule has 2 rings (SSSR count). The van der Waals surface area contributed by atoms with Gasteiger partial charge >= 0.3 is 5.97 Å². The summed E-state index contributed by atoms with van der Waals surface area (Å²) < 4.78 is 11.9. The van der Waals surface area contributed by atoms with Crippen LogP contribution in [-0.4, -0.2) is 134 Å². The molecule has 1 aliphatic rings. The first-order chi connectivity index (χ1) is 24.9. The van der Waals surface area contributed by atoms with Crippen molar-refractivity contribution >= 4 is 29.6 Å². The SMILES string of the molecule is CC[C@H](C)[C@@H]([C@@H](CC(=O)N1CCC[C@H]1[C@H](OC)C(C)C(=O)N[C@@H](Cc1ccccc1)C(=O)O)OC)N(C)C(=O)[C@@H](NC(=O)[C@H](C(C)C)N(C)C)C(C)C. The minimum absolute atomic E-state index is 0.0104. The van der Waals surface area contributed by atoms with Crippen molar-refractivity contribution in [2.75, 3.05) is 41.9 Å². The number of carbonyl (C=O) groups excluding carboxylic acids is 4. The van der Waals surface area contributed by atoms with Crippen LogP contribution in [0, 0.1) is 23.7 Å². The summed E-state index contributed by atoms with van der Waals surface area (Å²) in [5.41, 5.74) is 0.785. The van der Waals surface area contributed by atoms with E-state index in [0.29, 0.717) is 19.4 Å². The van der Waals surface area contributed by atoms with Gasteiger partial charge in [-0.3, -0.25) is 24.1 Å². The molecule has 1 fully saturated rings. The van der Waals surface area contributed by atoms with E-state index in [0.717, 1.165) is 12.0 Å². The Labute approximate surface area is 317 Å². The van der Waals surface area contributed by atoms with Crippen LogP contribution in [0.25, 0.3) is 0 Å². The number of aliphatic carboxylic acids is 1. The van der Waals surface area contributed by atoms with E-state index < -0.39 is 60.2 Å². The molecule has 1 heterocycles. The Balaban J connectivity index is 2.27. The summed E-state index contributed by atoms with van der Waals surface area (Å²) in [5.74, 6) is -3.21. The first kappa shape index (κ1) is 45.6. The van der Waals surface area contributed by atoms with Crippen molar-refractivity contribution in [2.24, 2.45) is 23.7 Å². The van der Waals surface area contributed by atoms with Crippen LogP contribution < -0.4 is 10.6 Å². The van der Waals surface area contributed by atoms with Crippen LogP contribution in [0.4, 0.5) is 0 Å². The summed E-state index contributed by atoms with van der Waals surface area (Å²) in [6, 6.07) is 5.89. The fraction of sp³-hybridized carbons (Fsp3) is 0.725. The fourth-order valence-electron chi connectivity index (χ4n) is 7.76. The smallest absolute Gasteiger partial charge is 0.326 e. The van der Waals surface area contributed by atoms with Gasteiger partial charge in [-0.1, -0.05) is 85.2 Å². The fourth-order valence-corrected chi connectivity index (χ4v) is 7.76. The number of carboxylic acid groups (broad SMARTS) is 1. The standard InChI is InChI=1S/C40H67N5O8/c1-13-26(6)35(44(10)39(49)33(24(2)3)42-38(48)34(25(4)5)43(8)9)31(52-11)23-32(46)45-21-17-20-30(45)36(53-12)27(7)37(47)41-29(40(50)51)22-28-18-15-14-16-19-28/h14-16,18-19,24-27,29-31,33-36H,13,17,20-23H2,1-12H3,(H,41,47)(H,42,48)(H,50,51)/t26-,27?,29-,30-,31+,33-,34-,35-,36+/m0/s1. The summed E-state index contributed by atoms with van der Waals surface area (Å²) in [5, 5.41) is 15.6. The number of benzene rings is 1. The second-order valence-electron chi connectivity index (χ2n) is 15.6. The van der Waals surface area contributed by atoms with Crippen LogP contribution in [0.3, 0.4) is 0 Å². The largest absolute Gasteiger partial charge is 0.480 e. The van der Waals surface area contributed by atoms with Gasteiger partial charge in [0.05, 0.1) is 42.7 Å². The topological polar surface area (TPSA) is 158 Å². The van der Waals surface area contributed by atoms with Gasteiger partial charge < -0.3 is 35.0 Å². The maximum Gasteiger partial charge on any atom is 0.326 e. The molecule has 1 unspecified atom stereocenters. The number of methoxy groups -OCH3 is 2. The highest BCUT2D eigenvalue weighted by Crippen LogP contribution is 2.30. The van der Waals surface area contributed by atoms with Crippen LogP contribution in [-0.2, 0) is 39.9 Å². The zero-order chi connectivity index (χ0) is 40.2. The Kier molecular flexibility index (Phi) is 18.4. The maximum atomic E-state index is 14.2. The molecule has 0 aliphatic carbocycles.